The Morgan fingerprint density at radius 2 is 1.83 bits per heavy atom. The molecule has 0 radical (unpaired) electrons. The minimum absolute atomic E-state index is 0.0587. The van der Waals surface area contributed by atoms with Gasteiger partial charge in [-0.3, -0.25) is 9.52 Å². The average Bonchev–Trinajstić information content (AvgIpc) is 2.50. The molecule has 0 aromatic heterocycles. The number of sulfonamides is 1. The van der Waals surface area contributed by atoms with Gasteiger partial charge in [-0.2, -0.15) is 0 Å². The Kier molecular flexibility index (Phi) is 5.79. The highest BCUT2D eigenvalue weighted by Gasteiger charge is 2.18. The standard InChI is InChI=1S/C16H17ClN2O3S2/c1-10-4-5-12(17)8-14(10)19-24(21,22)13-6-7-16(23-3)15(9-13)18-11(2)20/h4-9,19H,1-3H3,(H,18,20). The molecule has 0 unspecified atom stereocenters. The molecule has 0 bridgehead atoms. The summed E-state index contributed by atoms with van der Waals surface area (Å²) in [7, 11) is -3.81. The van der Waals surface area contributed by atoms with Crippen molar-refractivity contribution in [2.24, 2.45) is 0 Å². The zero-order valence-electron chi connectivity index (χ0n) is 13.4. The lowest BCUT2D eigenvalue weighted by atomic mass is 10.2. The number of aryl methyl sites for hydroxylation is 1. The highest BCUT2D eigenvalue weighted by molar-refractivity contribution is 7.98. The molecular weight excluding hydrogens is 368 g/mol. The number of carbonyl (C=O) groups excluding carboxylic acids is 1. The number of amides is 1. The maximum absolute atomic E-state index is 12.6. The Morgan fingerprint density at radius 1 is 1.12 bits per heavy atom. The molecule has 2 aromatic carbocycles. The van der Waals surface area contributed by atoms with Gasteiger partial charge >= 0.3 is 0 Å². The van der Waals surface area contributed by atoms with Gasteiger partial charge in [-0.1, -0.05) is 17.7 Å². The van der Waals surface area contributed by atoms with Gasteiger partial charge in [0.25, 0.3) is 10.0 Å². The molecule has 1 amide bonds. The fourth-order valence-corrected chi connectivity index (χ4v) is 3.90. The smallest absolute Gasteiger partial charge is 0.261 e. The van der Waals surface area contributed by atoms with Gasteiger partial charge in [0.05, 0.1) is 16.3 Å². The molecule has 5 nitrogen and oxygen atoms in total. The van der Waals surface area contributed by atoms with Crippen molar-refractivity contribution in [1.82, 2.24) is 0 Å². The fourth-order valence-electron chi connectivity index (χ4n) is 2.05. The first-order chi connectivity index (χ1) is 11.2. The number of hydrogen-bond acceptors (Lipinski definition) is 4. The van der Waals surface area contributed by atoms with Crippen LogP contribution in [0.1, 0.15) is 12.5 Å². The normalized spacial score (nSPS) is 11.2. The number of halogens is 1. The van der Waals surface area contributed by atoms with Crippen molar-refractivity contribution in [3.8, 4) is 0 Å². The summed E-state index contributed by atoms with van der Waals surface area (Å²) in [4.78, 5) is 12.2. The number of thioether (sulfide) groups is 1. The first-order valence-electron chi connectivity index (χ1n) is 6.97. The Hall–Kier alpha value is -1.70. The van der Waals surface area contributed by atoms with Crippen molar-refractivity contribution < 1.29 is 13.2 Å². The van der Waals surface area contributed by atoms with Crippen LogP contribution in [0.2, 0.25) is 5.02 Å². The molecule has 2 rings (SSSR count). The van der Waals surface area contributed by atoms with Crippen molar-refractivity contribution in [2.75, 3.05) is 16.3 Å². The zero-order chi connectivity index (χ0) is 17.9. The lowest BCUT2D eigenvalue weighted by molar-refractivity contribution is -0.114. The molecule has 0 aliphatic rings. The van der Waals surface area contributed by atoms with Crippen LogP contribution in [0.25, 0.3) is 0 Å². The van der Waals surface area contributed by atoms with Gasteiger partial charge in [-0.25, -0.2) is 8.42 Å². The summed E-state index contributed by atoms with van der Waals surface area (Å²) in [5, 5.41) is 3.09. The predicted octanol–water partition coefficient (Wildman–Crippen LogP) is 4.13. The van der Waals surface area contributed by atoms with Crippen LogP contribution in [0.4, 0.5) is 11.4 Å². The Morgan fingerprint density at radius 3 is 2.46 bits per heavy atom. The number of rotatable bonds is 5. The Bertz CT molecular complexity index is 883. The summed E-state index contributed by atoms with van der Waals surface area (Å²) >= 11 is 7.35. The first-order valence-corrected chi connectivity index (χ1v) is 10.1. The van der Waals surface area contributed by atoms with Crippen LogP contribution < -0.4 is 10.0 Å². The predicted molar refractivity (Wildman–Crippen MR) is 99.5 cm³/mol. The third-order valence-electron chi connectivity index (χ3n) is 3.24. The van der Waals surface area contributed by atoms with Crippen LogP contribution in [0.5, 0.6) is 0 Å². The summed E-state index contributed by atoms with van der Waals surface area (Å²) in [6.07, 6.45) is 1.85. The van der Waals surface area contributed by atoms with Gasteiger partial charge in [-0.05, 0) is 49.1 Å². The van der Waals surface area contributed by atoms with E-state index in [4.69, 9.17) is 11.6 Å². The molecule has 0 saturated carbocycles. The summed E-state index contributed by atoms with van der Waals surface area (Å²) in [6, 6.07) is 9.58. The van der Waals surface area contributed by atoms with Crippen LogP contribution in [0, 0.1) is 6.92 Å². The van der Waals surface area contributed by atoms with E-state index >= 15 is 0 Å². The number of carbonyl (C=O) groups is 1. The van der Waals surface area contributed by atoms with E-state index < -0.39 is 10.0 Å². The van der Waals surface area contributed by atoms with Crippen molar-refractivity contribution in [3.05, 3.63) is 47.0 Å². The molecule has 2 aromatic rings. The lowest BCUT2D eigenvalue weighted by Crippen LogP contribution is -2.15. The molecule has 24 heavy (non-hydrogen) atoms. The second-order valence-corrected chi connectivity index (χ2v) is 8.07. The van der Waals surface area contributed by atoms with E-state index in [2.05, 4.69) is 10.0 Å². The number of anilines is 2. The third-order valence-corrected chi connectivity index (χ3v) is 5.63. The Labute approximate surface area is 150 Å². The largest absolute Gasteiger partial charge is 0.325 e. The lowest BCUT2D eigenvalue weighted by Gasteiger charge is -2.13. The van der Waals surface area contributed by atoms with Gasteiger partial charge in [-0.15, -0.1) is 11.8 Å². The van der Waals surface area contributed by atoms with E-state index in [1.807, 2.05) is 6.26 Å². The molecule has 0 aliphatic heterocycles. The summed E-state index contributed by atoms with van der Waals surface area (Å²) in [5.74, 6) is -0.265. The van der Waals surface area contributed by atoms with E-state index in [0.29, 0.717) is 16.4 Å². The van der Waals surface area contributed by atoms with Crippen LogP contribution in [0.3, 0.4) is 0 Å². The molecule has 0 spiro atoms. The molecule has 128 valence electrons. The van der Waals surface area contributed by atoms with E-state index in [0.717, 1.165) is 10.5 Å². The summed E-state index contributed by atoms with van der Waals surface area (Å²) < 4.78 is 27.8. The van der Waals surface area contributed by atoms with Gasteiger partial charge in [0.15, 0.2) is 0 Å². The second-order valence-electron chi connectivity index (χ2n) is 5.11. The molecule has 0 fully saturated rings. The van der Waals surface area contributed by atoms with Crippen molar-refractivity contribution in [1.29, 1.82) is 0 Å². The Balaban J connectivity index is 2.42. The highest BCUT2D eigenvalue weighted by Crippen LogP contribution is 2.30. The van der Waals surface area contributed by atoms with E-state index in [1.54, 1.807) is 31.2 Å². The quantitative estimate of drug-likeness (QED) is 0.760. The van der Waals surface area contributed by atoms with Crippen molar-refractivity contribution in [2.45, 2.75) is 23.6 Å². The minimum Gasteiger partial charge on any atom is -0.325 e. The van der Waals surface area contributed by atoms with Crippen LogP contribution >= 0.6 is 23.4 Å². The molecule has 0 aliphatic carbocycles. The van der Waals surface area contributed by atoms with Crippen LogP contribution in [-0.2, 0) is 14.8 Å². The van der Waals surface area contributed by atoms with Crippen molar-refractivity contribution >= 4 is 50.7 Å². The minimum atomic E-state index is -3.81. The second kappa shape index (κ2) is 7.46. The average molecular weight is 385 g/mol. The maximum Gasteiger partial charge on any atom is 0.261 e. The van der Waals surface area contributed by atoms with E-state index in [9.17, 15) is 13.2 Å². The maximum atomic E-state index is 12.6. The van der Waals surface area contributed by atoms with Crippen LogP contribution in [-0.4, -0.2) is 20.6 Å². The molecule has 0 saturated heterocycles. The molecule has 8 heteroatoms. The van der Waals surface area contributed by atoms with Gasteiger partial charge in [0.2, 0.25) is 5.91 Å². The summed E-state index contributed by atoms with van der Waals surface area (Å²) in [6.45, 7) is 3.16. The van der Waals surface area contributed by atoms with E-state index in [1.165, 1.54) is 30.8 Å². The number of hydrogen-bond donors (Lipinski definition) is 2. The monoisotopic (exact) mass is 384 g/mol. The topological polar surface area (TPSA) is 75.3 Å². The fraction of sp³-hybridized carbons (Fsp3) is 0.188. The number of benzene rings is 2. The van der Waals surface area contributed by atoms with Gasteiger partial charge in [0, 0.05) is 16.8 Å². The van der Waals surface area contributed by atoms with E-state index in [-0.39, 0.29) is 10.8 Å². The van der Waals surface area contributed by atoms with Crippen LogP contribution in [0.15, 0.2) is 46.2 Å². The van der Waals surface area contributed by atoms with Crippen molar-refractivity contribution in [3.63, 3.8) is 0 Å². The van der Waals surface area contributed by atoms with Gasteiger partial charge < -0.3 is 5.32 Å². The number of nitrogens with one attached hydrogen (secondary N) is 2. The molecule has 0 heterocycles. The zero-order valence-corrected chi connectivity index (χ0v) is 15.8. The highest BCUT2D eigenvalue weighted by atomic mass is 35.5. The first kappa shape index (κ1) is 18.6. The SMILES string of the molecule is CSc1ccc(S(=O)(=O)Nc2cc(Cl)ccc2C)cc1NC(C)=O. The molecule has 2 N–H and O–H groups in total. The molecular formula is C16H17ClN2O3S2. The third kappa shape index (κ3) is 4.43. The summed E-state index contributed by atoms with van der Waals surface area (Å²) in [5.41, 5.74) is 1.63. The van der Waals surface area contributed by atoms with Gasteiger partial charge in [0.1, 0.15) is 0 Å². The molecule has 0 atom stereocenters.